The number of anilines is 3. The van der Waals surface area contributed by atoms with Crippen LogP contribution in [-0.2, 0) is 0 Å². The van der Waals surface area contributed by atoms with Gasteiger partial charge in [0.1, 0.15) is 17.3 Å². The highest BCUT2D eigenvalue weighted by Crippen LogP contribution is 2.19. The van der Waals surface area contributed by atoms with Crippen molar-refractivity contribution in [1.29, 1.82) is 0 Å². The monoisotopic (exact) mass is 379 g/mol. The topological polar surface area (TPSA) is 114 Å². The Morgan fingerprint density at radius 1 is 1.11 bits per heavy atom. The molecule has 0 bridgehead atoms. The number of carbonyl (C=O) groups excluding carboxylic acids is 1. The van der Waals surface area contributed by atoms with Gasteiger partial charge in [-0.1, -0.05) is 0 Å². The smallest absolute Gasteiger partial charge is 0.271 e. The van der Waals surface area contributed by atoms with E-state index in [9.17, 15) is 4.79 Å². The van der Waals surface area contributed by atoms with Crippen LogP contribution < -0.4 is 20.7 Å². The molecule has 3 N–H and O–H groups in total. The second-order valence-electron chi connectivity index (χ2n) is 5.85. The van der Waals surface area contributed by atoms with Gasteiger partial charge in [-0.3, -0.25) is 9.78 Å². The summed E-state index contributed by atoms with van der Waals surface area (Å²) in [6, 6.07) is 9.41. The van der Waals surface area contributed by atoms with Crippen molar-refractivity contribution >= 4 is 23.4 Å². The molecule has 2 aromatic heterocycles. The van der Waals surface area contributed by atoms with Crippen LogP contribution in [0.15, 0.2) is 48.9 Å². The first-order valence-electron chi connectivity index (χ1n) is 8.69. The van der Waals surface area contributed by atoms with Gasteiger partial charge in [0.2, 0.25) is 5.95 Å². The minimum atomic E-state index is -0.276. The third-order valence-electron chi connectivity index (χ3n) is 3.71. The summed E-state index contributed by atoms with van der Waals surface area (Å²) in [6.45, 7) is 2.76. The zero-order chi connectivity index (χ0) is 19.8. The van der Waals surface area contributed by atoms with Crippen LogP contribution in [0.5, 0.6) is 5.75 Å². The Hall–Kier alpha value is -3.75. The maximum absolute atomic E-state index is 11.9. The summed E-state index contributed by atoms with van der Waals surface area (Å²) in [5, 5.41) is 9.10. The normalized spacial score (nSPS) is 10.2. The first-order chi connectivity index (χ1) is 13.6. The molecule has 3 rings (SSSR count). The van der Waals surface area contributed by atoms with Gasteiger partial charge in [0.15, 0.2) is 0 Å². The predicted octanol–water partition coefficient (Wildman–Crippen LogP) is 2.17. The number of ether oxygens (including phenoxy) is 1. The highest BCUT2D eigenvalue weighted by atomic mass is 16.5. The van der Waals surface area contributed by atoms with Crippen molar-refractivity contribution in [3.05, 3.63) is 60.3 Å². The van der Waals surface area contributed by atoms with Crippen molar-refractivity contribution in [2.24, 2.45) is 0 Å². The van der Waals surface area contributed by atoms with E-state index in [2.05, 4.69) is 35.9 Å². The van der Waals surface area contributed by atoms with E-state index < -0.39 is 0 Å². The zero-order valence-electron chi connectivity index (χ0n) is 15.6. The molecule has 0 saturated heterocycles. The van der Waals surface area contributed by atoms with E-state index in [1.165, 1.54) is 18.6 Å². The summed E-state index contributed by atoms with van der Waals surface area (Å²) in [6.07, 6.45) is 4.42. The third-order valence-corrected chi connectivity index (χ3v) is 3.71. The maximum atomic E-state index is 11.9. The van der Waals surface area contributed by atoms with Crippen molar-refractivity contribution in [3.63, 3.8) is 0 Å². The molecule has 3 aromatic rings. The van der Waals surface area contributed by atoms with Crippen LogP contribution in [0.2, 0.25) is 0 Å². The van der Waals surface area contributed by atoms with E-state index in [0.29, 0.717) is 24.9 Å². The van der Waals surface area contributed by atoms with Gasteiger partial charge in [0, 0.05) is 42.9 Å². The minimum absolute atomic E-state index is 0.276. The number of carbonyl (C=O) groups is 1. The average molecular weight is 379 g/mol. The summed E-state index contributed by atoms with van der Waals surface area (Å²) < 4.78 is 5.16. The lowest BCUT2D eigenvalue weighted by Gasteiger charge is -2.11. The molecule has 0 saturated carbocycles. The third kappa shape index (κ3) is 5.37. The molecule has 0 unspecified atom stereocenters. The van der Waals surface area contributed by atoms with E-state index in [1.807, 2.05) is 37.3 Å². The second kappa shape index (κ2) is 9.26. The van der Waals surface area contributed by atoms with Gasteiger partial charge in [-0.2, -0.15) is 4.98 Å². The number of nitrogens with one attached hydrogen (secondary N) is 3. The molecular weight excluding hydrogens is 358 g/mol. The molecule has 28 heavy (non-hydrogen) atoms. The Morgan fingerprint density at radius 3 is 2.64 bits per heavy atom. The first-order valence-corrected chi connectivity index (χ1v) is 8.69. The number of benzene rings is 1. The van der Waals surface area contributed by atoms with Crippen LogP contribution in [-0.4, -0.2) is 46.0 Å². The van der Waals surface area contributed by atoms with Gasteiger partial charge in [-0.05, 0) is 31.2 Å². The van der Waals surface area contributed by atoms with Crippen LogP contribution in [0.25, 0.3) is 0 Å². The van der Waals surface area contributed by atoms with Crippen LogP contribution in [0.1, 0.15) is 16.2 Å². The minimum Gasteiger partial charge on any atom is -0.497 e. The fraction of sp³-hybridized carbons (Fsp3) is 0.211. The van der Waals surface area contributed by atoms with E-state index in [4.69, 9.17) is 4.74 Å². The number of rotatable bonds is 8. The molecule has 0 spiro atoms. The van der Waals surface area contributed by atoms with E-state index >= 15 is 0 Å². The van der Waals surface area contributed by atoms with Gasteiger partial charge < -0.3 is 20.7 Å². The summed E-state index contributed by atoms with van der Waals surface area (Å²) >= 11 is 0. The molecule has 0 aliphatic heterocycles. The molecule has 9 heteroatoms. The number of hydrogen-bond acceptors (Lipinski definition) is 8. The molecule has 1 aromatic carbocycles. The SMILES string of the molecule is COc1ccc(Nc2cc(C)nc(NCCNC(=O)c3cnccn3)n2)cc1. The van der Waals surface area contributed by atoms with Crippen molar-refractivity contribution in [2.45, 2.75) is 6.92 Å². The molecule has 0 aliphatic rings. The molecule has 0 aliphatic carbocycles. The van der Waals surface area contributed by atoms with Crippen molar-refractivity contribution < 1.29 is 9.53 Å². The van der Waals surface area contributed by atoms with Gasteiger partial charge in [0.25, 0.3) is 5.91 Å². The van der Waals surface area contributed by atoms with Gasteiger partial charge in [0.05, 0.1) is 13.3 Å². The average Bonchev–Trinajstić information content (AvgIpc) is 2.72. The Labute approximate surface area is 162 Å². The van der Waals surface area contributed by atoms with Crippen LogP contribution in [0.4, 0.5) is 17.5 Å². The van der Waals surface area contributed by atoms with Crippen molar-refractivity contribution in [2.75, 3.05) is 30.8 Å². The van der Waals surface area contributed by atoms with Crippen molar-refractivity contribution in [1.82, 2.24) is 25.3 Å². The number of amides is 1. The van der Waals surface area contributed by atoms with Crippen molar-refractivity contribution in [3.8, 4) is 5.75 Å². The molecule has 9 nitrogen and oxygen atoms in total. The number of aromatic nitrogens is 4. The lowest BCUT2D eigenvalue weighted by Crippen LogP contribution is -2.29. The Balaban J connectivity index is 1.53. The Bertz CT molecular complexity index is 917. The fourth-order valence-corrected chi connectivity index (χ4v) is 2.39. The number of nitrogens with zero attached hydrogens (tertiary/aromatic N) is 4. The number of hydrogen-bond donors (Lipinski definition) is 3. The molecule has 1 amide bonds. The first kappa shape index (κ1) is 19.0. The lowest BCUT2D eigenvalue weighted by atomic mass is 10.3. The van der Waals surface area contributed by atoms with Crippen LogP contribution >= 0.6 is 0 Å². The number of methoxy groups -OCH3 is 1. The Morgan fingerprint density at radius 2 is 1.93 bits per heavy atom. The van der Waals surface area contributed by atoms with E-state index in [1.54, 1.807) is 7.11 Å². The molecular formula is C19H21N7O2. The lowest BCUT2D eigenvalue weighted by molar-refractivity contribution is 0.0949. The van der Waals surface area contributed by atoms with Crippen LogP contribution in [0.3, 0.4) is 0 Å². The predicted molar refractivity (Wildman–Crippen MR) is 106 cm³/mol. The van der Waals surface area contributed by atoms with Gasteiger partial charge >= 0.3 is 0 Å². The quantitative estimate of drug-likeness (QED) is 0.510. The maximum Gasteiger partial charge on any atom is 0.271 e. The summed E-state index contributed by atoms with van der Waals surface area (Å²) in [7, 11) is 1.63. The second-order valence-corrected chi connectivity index (χ2v) is 5.85. The fourth-order valence-electron chi connectivity index (χ4n) is 2.39. The molecule has 0 fully saturated rings. The number of aryl methyl sites for hydroxylation is 1. The molecule has 144 valence electrons. The summed E-state index contributed by atoms with van der Waals surface area (Å²) in [5.41, 5.74) is 1.98. The molecule has 0 radical (unpaired) electrons. The Kier molecular flexibility index (Phi) is 6.29. The molecule has 2 heterocycles. The summed E-state index contributed by atoms with van der Waals surface area (Å²) in [4.78, 5) is 28.6. The highest BCUT2D eigenvalue weighted by Gasteiger charge is 2.06. The van der Waals surface area contributed by atoms with Gasteiger partial charge in [-0.25, -0.2) is 9.97 Å². The molecule has 0 atom stereocenters. The van der Waals surface area contributed by atoms with E-state index in [0.717, 1.165) is 17.1 Å². The van der Waals surface area contributed by atoms with E-state index in [-0.39, 0.29) is 11.6 Å². The highest BCUT2D eigenvalue weighted by molar-refractivity contribution is 5.91. The largest absolute Gasteiger partial charge is 0.497 e. The summed E-state index contributed by atoms with van der Waals surface area (Å²) in [5.74, 6) is 1.66. The zero-order valence-corrected chi connectivity index (χ0v) is 15.6. The van der Waals surface area contributed by atoms with Crippen LogP contribution in [0, 0.1) is 6.92 Å². The van der Waals surface area contributed by atoms with Gasteiger partial charge in [-0.15, -0.1) is 0 Å². The standard InChI is InChI=1S/C19H21N7O2/c1-13-11-17(25-14-3-5-15(28-2)6-4-14)26-19(24-13)23-10-9-22-18(27)16-12-20-7-8-21-16/h3-8,11-12H,9-10H2,1-2H3,(H,22,27)(H2,23,24,25,26).